The molecule has 1 fully saturated rings. The third-order valence-electron chi connectivity index (χ3n) is 5.99. The van der Waals surface area contributed by atoms with Crippen LogP contribution >= 0.6 is 0 Å². The summed E-state index contributed by atoms with van der Waals surface area (Å²) in [7, 11) is 1.84. The molecule has 1 saturated carbocycles. The molecular weight excluding hydrogens is 368 g/mol. The zero-order chi connectivity index (χ0) is 20.0. The minimum atomic E-state index is -0.222. The second kappa shape index (κ2) is 7.33. The van der Waals surface area contributed by atoms with Crippen LogP contribution in [0.1, 0.15) is 73.8 Å². The molecule has 1 radical (unpaired) electrons. The number of aromatic nitrogens is 3. The number of benzene rings is 1. The van der Waals surface area contributed by atoms with Gasteiger partial charge in [0, 0.05) is 36.1 Å². The third-order valence-corrected chi connectivity index (χ3v) is 5.99. The Hall–Kier alpha value is -2.61. The number of nitrogens with zero attached hydrogens (tertiary/aromatic N) is 2. The highest BCUT2D eigenvalue weighted by molar-refractivity contribution is 6.53. The molecular formula is C21H24BFN5O. The number of hydrogen-bond acceptors (Lipinski definition) is 5. The summed E-state index contributed by atoms with van der Waals surface area (Å²) < 4.78 is 20.6. The van der Waals surface area contributed by atoms with Crippen molar-refractivity contribution >= 4 is 24.4 Å². The van der Waals surface area contributed by atoms with Crippen LogP contribution < -0.4 is 16.0 Å². The Morgan fingerprint density at radius 3 is 2.97 bits per heavy atom. The van der Waals surface area contributed by atoms with Crippen LogP contribution in [0.4, 0.5) is 15.9 Å². The van der Waals surface area contributed by atoms with Crippen LogP contribution in [-0.4, -0.2) is 22.6 Å². The van der Waals surface area contributed by atoms with Gasteiger partial charge in [-0.1, -0.05) is 25.4 Å². The lowest BCUT2D eigenvalue weighted by Crippen LogP contribution is -2.19. The lowest BCUT2D eigenvalue weighted by Gasteiger charge is -2.08. The molecule has 8 heteroatoms. The second-order valence-electron chi connectivity index (χ2n) is 8.32. The highest BCUT2D eigenvalue weighted by Crippen LogP contribution is 2.44. The van der Waals surface area contributed by atoms with Crippen LogP contribution in [0, 0.1) is 5.82 Å². The van der Waals surface area contributed by atoms with Gasteiger partial charge in [-0.15, -0.1) is 0 Å². The van der Waals surface area contributed by atoms with Gasteiger partial charge in [0.15, 0.2) is 17.5 Å². The van der Waals surface area contributed by atoms with E-state index in [1.807, 2.05) is 25.7 Å². The van der Waals surface area contributed by atoms with Gasteiger partial charge in [0.25, 0.3) is 0 Å². The Balaban J connectivity index is 1.27. The predicted octanol–water partition coefficient (Wildman–Crippen LogP) is 3.80. The lowest BCUT2D eigenvalue weighted by molar-refractivity contribution is 0.408. The van der Waals surface area contributed by atoms with Gasteiger partial charge in [-0.25, -0.2) is 9.37 Å². The van der Waals surface area contributed by atoms with E-state index in [1.54, 1.807) is 6.07 Å². The van der Waals surface area contributed by atoms with Gasteiger partial charge in [0.2, 0.25) is 7.41 Å². The predicted molar refractivity (Wildman–Crippen MR) is 110 cm³/mol. The van der Waals surface area contributed by atoms with Gasteiger partial charge in [-0.2, -0.15) is 5.10 Å². The molecule has 1 aromatic carbocycles. The van der Waals surface area contributed by atoms with E-state index in [4.69, 9.17) is 4.42 Å². The molecule has 5 rings (SSSR count). The van der Waals surface area contributed by atoms with Crippen molar-refractivity contribution in [2.75, 3.05) is 5.32 Å². The van der Waals surface area contributed by atoms with E-state index >= 15 is 0 Å². The molecule has 3 heterocycles. The molecule has 2 aliphatic rings. The van der Waals surface area contributed by atoms with E-state index in [-0.39, 0.29) is 5.82 Å². The van der Waals surface area contributed by atoms with E-state index in [0.29, 0.717) is 41.4 Å². The zero-order valence-electron chi connectivity index (χ0n) is 16.6. The zero-order valence-corrected chi connectivity index (χ0v) is 16.6. The van der Waals surface area contributed by atoms with Gasteiger partial charge < -0.3 is 15.0 Å². The van der Waals surface area contributed by atoms with Gasteiger partial charge in [-0.3, -0.25) is 5.10 Å². The average Bonchev–Trinajstić information content (AvgIpc) is 3.49. The van der Waals surface area contributed by atoms with E-state index < -0.39 is 0 Å². The van der Waals surface area contributed by atoms with Crippen molar-refractivity contribution in [3.05, 3.63) is 53.1 Å². The topological polar surface area (TPSA) is 78.8 Å². The molecule has 2 unspecified atom stereocenters. The van der Waals surface area contributed by atoms with Crippen LogP contribution in [0.5, 0.6) is 0 Å². The Morgan fingerprint density at radius 2 is 2.14 bits per heavy atom. The number of oxazole rings is 1. The van der Waals surface area contributed by atoms with E-state index in [9.17, 15) is 4.39 Å². The molecule has 3 aromatic rings. The van der Waals surface area contributed by atoms with Crippen molar-refractivity contribution in [2.45, 2.75) is 57.4 Å². The highest BCUT2D eigenvalue weighted by Gasteiger charge is 2.31. The molecule has 0 amide bonds. The molecule has 2 atom stereocenters. The van der Waals surface area contributed by atoms with Crippen LogP contribution in [0.15, 0.2) is 28.8 Å². The number of H-pyrrole nitrogens is 1. The third kappa shape index (κ3) is 3.46. The highest BCUT2D eigenvalue weighted by atomic mass is 19.1. The molecule has 29 heavy (non-hydrogen) atoms. The standard InChI is InChI=1S/C21H24BFN5O/c1-11(2)21-24-10-18(29-21)13-4-3-12(7-13)17-8-19(28-27-17)26-16-6-5-15-14(20(16)23)9-25-22-15/h5-6,8,10-13,25H,3-4,7,9H2,1-2H3,(H2,26,27,28). The largest absolute Gasteiger partial charge is 0.445 e. The van der Waals surface area contributed by atoms with Crippen molar-refractivity contribution < 1.29 is 8.81 Å². The molecule has 149 valence electrons. The smallest absolute Gasteiger partial charge is 0.245 e. The molecule has 0 spiro atoms. The fourth-order valence-electron chi connectivity index (χ4n) is 4.34. The second-order valence-corrected chi connectivity index (χ2v) is 8.32. The monoisotopic (exact) mass is 392 g/mol. The SMILES string of the molecule is CC(C)c1ncc(C2CCC(c3cc(Nc4ccc5c(c4F)CN[B]5)n[nH]3)C2)o1. The summed E-state index contributed by atoms with van der Waals surface area (Å²) in [5.74, 6) is 3.28. The first-order chi connectivity index (χ1) is 14.1. The van der Waals surface area contributed by atoms with Gasteiger partial charge >= 0.3 is 0 Å². The Morgan fingerprint density at radius 1 is 1.28 bits per heavy atom. The molecule has 1 aliphatic carbocycles. The number of fused-ring (bicyclic) bond motifs is 1. The maximum absolute atomic E-state index is 14.7. The molecule has 2 aromatic heterocycles. The number of hydrogen-bond donors (Lipinski definition) is 3. The Labute approximate surface area is 170 Å². The number of aromatic amines is 1. The summed E-state index contributed by atoms with van der Waals surface area (Å²) in [4.78, 5) is 4.40. The lowest BCUT2D eigenvalue weighted by atomic mass is 9.84. The summed E-state index contributed by atoms with van der Waals surface area (Å²) in [6, 6.07) is 5.66. The number of halogens is 1. The summed E-state index contributed by atoms with van der Waals surface area (Å²) in [5, 5.41) is 13.7. The van der Waals surface area contributed by atoms with Gasteiger partial charge in [0.05, 0.1) is 11.9 Å². The minimum absolute atomic E-state index is 0.222. The molecule has 1 aliphatic heterocycles. The first-order valence-electron chi connectivity index (χ1n) is 10.2. The minimum Gasteiger partial charge on any atom is -0.445 e. The maximum atomic E-state index is 14.7. The van der Waals surface area contributed by atoms with Gasteiger partial charge in [0.1, 0.15) is 5.76 Å². The maximum Gasteiger partial charge on any atom is 0.245 e. The first kappa shape index (κ1) is 18.4. The fourth-order valence-corrected chi connectivity index (χ4v) is 4.34. The van der Waals surface area contributed by atoms with Crippen molar-refractivity contribution in [2.24, 2.45) is 0 Å². The number of rotatable bonds is 5. The van der Waals surface area contributed by atoms with Crippen LogP contribution in [0.3, 0.4) is 0 Å². The Kier molecular flexibility index (Phi) is 4.66. The van der Waals surface area contributed by atoms with E-state index in [0.717, 1.165) is 42.1 Å². The first-order valence-corrected chi connectivity index (χ1v) is 10.2. The summed E-state index contributed by atoms with van der Waals surface area (Å²) in [5.41, 5.74) is 3.12. The Bertz CT molecular complexity index is 1030. The van der Waals surface area contributed by atoms with Crippen LogP contribution in [0.25, 0.3) is 0 Å². The van der Waals surface area contributed by atoms with E-state index in [2.05, 4.69) is 39.6 Å². The summed E-state index contributed by atoms with van der Waals surface area (Å²) in [6.45, 7) is 4.70. The van der Waals surface area contributed by atoms with Crippen molar-refractivity contribution in [1.29, 1.82) is 0 Å². The van der Waals surface area contributed by atoms with Crippen molar-refractivity contribution in [3.8, 4) is 0 Å². The number of anilines is 2. The van der Waals surface area contributed by atoms with Crippen LogP contribution in [-0.2, 0) is 6.54 Å². The molecule has 6 nitrogen and oxygen atoms in total. The quantitative estimate of drug-likeness (QED) is 0.576. The molecule has 0 bridgehead atoms. The average molecular weight is 392 g/mol. The van der Waals surface area contributed by atoms with E-state index in [1.165, 1.54) is 0 Å². The normalized spacial score (nSPS) is 20.8. The van der Waals surface area contributed by atoms with Gasteiger partial charge in [-0.05, 0) is 30.9 Å². The van der Waals surface area contributed by atoms with Crippen LogP contribution in [0.2, 0.25) is 0 Å². The van der Waals surface area contributed by atoms with Crippen molar-refractivity contribution in [1.82, 2.24) is 20.4 Å². The fraction of sp³-hybridized carbons (Fsp3) is 0.429. The summed E-state index contributed by atoms with van der Waals surface area (Å²) in [6.07, 6.45) is 5.02. The molecule has 0 saturated heterocycles. The number of nitrogens with one attached hydrogen (secondary N) is 3. The summed E-state index contributed by atoms with van der Waals surface area (Å²) >= 11 is 0. The molecule has 3 N–H and O–H groups in total. The van der Waals surface area contributed by atoms with Crippen molar-refractivity contribution in [3.63, 3.8) is 0 Å².